The zero-order valence-electron chi connectivity index (χ0n) is 4.77. The summed E-state index contributed by atoms with van der Waals surface area (Å²) in [6, 6.07) is 0. The lowest BCUT2D eigenvalue weighted by Gasteiger charge is -2.01. The smallest absolute Gasteiger partial charge is 0.148 e. The van der Waals surface area contributed by atoms with E-state index in [1.54, 1.807) is 11.8 Å². The van der Waals surface area contributed by atoms with E-state index >= 15 is 0 Å². The minimum absolute atomic E-state index is 0.508. The fourth-order valence-electron chi connectivity index (χ4n) is 0.236. The zero-order valence-corrected chi connectivity index (χ0v) is 7.16. The number of hydrogen-bond donors (Lipinski definition) is 1. The molecule has 0 spiro atoms. The fraction of sp³-hybridized carbons (Fsp3) is 0.750. The molecule has 0 radical (unpaired) electrons. The Morgan fingerprint density at radius 1 is 1.75 bits per heavy atom. The Bertz CT molecular complexity index is 84.1. The second kappa shape index (κ2) is 4.41. The summed E-state index contributed by atoms with van der Waals surface area (Å²) in [4.78, 5) is 2.36. The second-order valence-corrected chi connectivity index (χ2v) is 3.99. The summed E-state index contributed by atoms with van der Waals surface area (Å²) in [6.45, 7) is 4.12. The third-order valence-corrected chi connectivity index (χ3v) is 2.01. The van der Waals surface area contributed by atoms with Gasteiger partial charge in [0.25, 0.3) is 0 Å². The molecule has 0 aliphatic heterocycles. The van der Waals surface area contributed by atoms with Gasteiger partial charge < -0.3 is 0 Å². The van der Waals surface area contributed by atoms with Gasteiger partial charge in [0.05, 0.1) is 0 Å². The van der Waals surface area contributed by atoms with Crippen molar-refractivity contribution in [3.8, 4) is 0 Å². The number of hydrogen-bond acceptors (Lipinski definition) is 2. The average molecular weight is 170 g/mol. The summed E-state index contributed by atoms with van der Waals surface area (Å²) in [7, 11) is 0. The normalized spacial score (nSPS) is 9.50. The van der Waals surface area contributed by atoms with Gasteiger partial charge in [0, 0.05) is 17.0 Å². The van der Waals surface area contributed by atoms with Crippen LogP contribution in [0.5, 0.6) is 0 Å². The highest BCUT2D eigenvalue weighted by Gasteiger charge is 1.96. The van der Waals surface area contributed by atoms with Gasteiger partial charge in [-0.25, -0.2) is 0 Å². The first-order valence-corrected chi connectivity index (χ1v) is 3.90. The highest BCUT2D eigenvalue weighted by atomic mass is 35.5. The molecule has 8 heavy (non-hydrogen) atoms. The Hall–Kier alpha value is 0.530. The van der Waals surface area contributed by atoms with Crippen LogP contribution in [0.4, 0.5) is 0 Å². The van der Waals surface area contributed by atoms with Crippen molar-refractivity contribution in [1.82, 2.24) is 4.84 Å². The van der Waals surface area contributed by atoms with Gasteiger partial charge in [0.2, 0.25) is 0 Å². The van der Waals surface area contributed by atoms with Crippen molar-refractivity contribution in [2.75, 3.05) is 0 Å². The minimum Gasteiger partial charge on any atom is -0.283 e. The van der Waals surface area contributed by atoms with Gasteiger partial charge in [-0.1, -0.05) is 37.8 Å². The molecule has 0 atom stereocenters. The lowest BCUT2D eigenvalue weighted by molar-refractivity contribution is 1.12. The molecule has 0 heterocycles. The summed E-state index contributed by atoms with van der Waals surface area (Å²) >= 11 is 11.5. The van der Waals surface area contributed by atoms with Crippen LogP contribution in [0.1, 0.15) is 13.8 Å². The summed E-state index contributed by atoms with van der Waals surface area (Å²) in [5.41, 5.74) is 0. The van der Waals surface area contributed by atoms with Gasteiger partial charge in [-0.05, 0) is 0 Å². The van der Waals surface area contributed by atoms with Gasteiger partial charge in [0.1, 0.15) is 4.32 Å². The molecule has 0 bridgehead atoms. The van der Waals surface area contributed by atoms with E-state index in [4.69, 9.17) is 24.0 Å². The van der Waals surface area contributed by atoms with Gasteiger partial charge in [-0.2, -0.15) is 0 Å². The molecule has 48 valence electrons. The molecule has 0 amide bonds. The van der Waals surface area contributed by atoms with Crippen LogP contribution < -0.4 is 4.84 Å². The van der Waals surface area contributed by atoms with Crippen LogP contribution >= 0.6 is 35.8 Å². The molecule has 0 unspecified atom stereocenters. The Morgan fingerprint density at radius 2 is 2.25 bits per heavy atom. The molecule has 0 fully saturated rings. The van der Waals surface area contributed by atoms with E-state index in [1.807, 2.05) is 0 Å². The maximum atomic E-state index is 5.18. The second-order valence-electron chi connectivity index (χ2n) is 1.55. The molecular weight excluding hydrogens is 162 g/mol. The molecule has 0 aromatic rings. The van der Waals surface area contributed by atoms with E-state index in [2.05, 4.69) is 18.7 Å². The van der Waals surface area contributed by atoms with Gasteiger partial charge >= 0.3 is 0 Å². The highest BCUT2D eigenvalue weighted by Crippen LogP contribution is 2.09. The Kier molecular flexibility index (Phi) is 4.71. The largest absolute Gasteiger partial charge is 0.283 e. The SMILES string of the molecule is CC(C)SC(=S)NCl. The molecule has 1 N–H and O–H groups in total. The molecule has 0 rings (SSSR count). The van der Waals surface area contributed by atoms with Gasteiger partial charge in [-0.3, -0.25) is 4.84 Å². The van der Waals surface area contributed by atoms with Gasteiger partial charge in [-0.15, -0.1) is 0 Å². The Balaban J connectivity index is 3.25. The van der Waals surface area contributed by atoms with Crippen LogP contribution in [0.15, 0.2) is 0 Å². The van der Waals surface area contributed by atoms with Crippen molar-refractivity contribution in [2.45, 2.75) is 19.1 Å². The maximum absolute atomic E-state index is 5.18. The number of nitrogens with one attached hydrogen (secondary N) is 1. The van der Waals surface area contributed by atoms with Crippen LogP contribution in [0.3, 0.4) is 0 Å². The number of halogens is 1. The molecule has 0 saturated heterocycles. The predicted molar refractivity (Wildman–Crippen MR) is 44.3 cm³/mol. The van der Waals surface area contributed by atoms with Crippen LogP contribution in [0.25, 0.3) is 0 Å². The summed E-state index contributed by atoms with van der Waals surface area (Å²) < 4.78 is 0.640. The third-order valence-electron chi connectivity index (χ3n) is 0.420. The first-order valence-electron chi connectivity index (χ1n) is 2.24. The Morgan fingerprint density at radius 3 is 2.38 bits per heavy atom. The predicted octanol–water partition coefficient (Wildman–Crippen LogP) is 2.16. The summed E-state index contributed by atoms with van der Waals surface area (Å²) in [5.74, 6) is 0. The average Bonchev–Trinajstić information content (AvgIpc) is 1.65. The van der Waals surface area contributed by atoms with E-state index in [0.717, 1.165) is 0 Å². The molecule has 0 aliphatic carbocycles. The van der Waals surface area contributed by atoms with Crippen molar-refractivity contribution in [3.05, 3.63) is 0 Å². The van der Waals surface area contributed by atoms with Crippen molar-refractivity contribution < 1.29 is 0 Å². The van der Waals surface area contributed by atoms with Crippen molar-refractivity contribution in [2.24, 2.45) is 0 Å². The highest BCUT2D eigenvalue weighted by molar-refractivity contribution is 8.23. The number of thiocarbonyl (C=S) groups is 1. The van der Waals surface area contributed by atoms with Crippen molar-refractivity contribution in [1.29, 1.82) is 0 Å². The molecule has 1 nitrogen and oxygen atoms in total. The molecule has 0 saturated carbocycles. The molecule has 4 heteroatoms. The third kappa shape index (κ3) is 4.68. The van der Waals surface area contributed by atoms with E-state index in [9.17, 15) is 0 Å². The standard InChI is InChI=1S/C4H8ClNS2/c1-3(2)8-4(7)6-5/h3H,1-2H3,(H,6,7). The monoisotopic (exact) mass is 169 g/mol. The minimum atomic E-state index is 0.508. The van der Waals surface area contributed by atoms with E-state index in [0.29, 0.717) is 9.57 Å². The molecule has 0 aromatic carbocycles. The van der Waals surface area contributed by atoms with Crippen molar-refractivity contribution in [3.63, 3.8) is 0 Å². The zero-order chi connectivity index (χ0) is 6.57. The van der Waals surface area contributed by atoms with Crippen LogP contribution in [-0.2, 0) is 0 Å². The van der Waals surface area contributed by atoms with Crippen LogP contribution in [-0.4, -0.2) is 9.57 Å². The lowest BCUT2D eigenvalue weighted by Crippen LogP contribution is -2.07. The van der Waals surface area contributed by atoms with E-state index < -0.39 is 0 Å². The summed E-state index contributed by atoms with van der Waals surface area (Å²) in [6.07, 6.45) is 0. The number of thioether (sulfide) groups is 1. The van der Waals surface area contributed by atoms with Gasteiger partial charge in [0.15, 0.2) is 0 Å². The Labute approximate surface area is 64.3 Å². The van der Waals surface area contributed by atoms with Crippen LogP contribution in [0.2, 0.25) is 0 Å². The molecule has 0 aliphatic rings. The van der Waals surface area contributed by atoms with E-state index in [-0.39, 0.29) is 0 Å². The first-order chi connectivity index (χ1) is 3.66. The van der Waals surface area contributed by atoms with Crippen molar-refractivity contribution >= 4 is 40.1 Å². The quantitative estimate of drug-likeness (QED) is 0.477. The topological polar surface area (TPSA) is 12.0 Å². The summed E-state index contributed by atoms with van der Waals surface area (Å²) in [5, 5.41) is 0.508. The maximum Gasteiger partial charge on any atom is 0.148 e. The van der Waals surface area contributed by atoms with E-state index in [1.165, 1.54) is 0 Å². The lowest BCUT2D eigenvalue weighted by atomic mass is 10.6. The molecule has 0 aromatic heterocycles. The first kappa shape index (κ1) is 8.53. The number of rotatable bonds is 1. The fourth-order valence-corrected chi connectivity index (χ4v) is 1.42. The van der Waals surface area contributed by atoms with Crippen LogP contribution in [0, 0.1) is 0 Å². The molecular formula is C4H8ClNS2.